The lowest BCUT2D eigenvalue weighted by molar-refractivity contribution is -0.145. The van der Waals surface area contributed by atoms with Gasteiger partial charge in [-0.3, -0.25) is 0 Å². The first-order valence-electron chi connectivity index (χ1n) is 11.6. The number of alkyl halides is 3. The molecule has 35 heavy (non-hydrogen) atoms. The molecule has 3 nitrogen and oxygen atoms in total. The summed E-state index contributed by atoms with van der Waals surface area (Å²) >= 11 is 0. The molecule has 1 fully saturated rings. The third-order valence-corrected chi connectivity index (χ3v) is 5.28. The van der Waals surface area contributed by atoms with E-state index in [1.807, 2.05) is 13.8 Å². The molecule has 0 aliphatic heterocycles. The van der Waals surface area contributed by atoms with Crippen LogP contribution < -0.4 is 5.32 Å². The van der Waals surface area contributed by atoms with Gasteiger partial charge in [-0.25, -0.2) is 9.18 Å². The van der Waals surface area contributed by atoms with Gasteiger partial charge in [-0.05, 0) is 54.5 Å². The van der Waals surface area contributed by atoms with Crippen LogP contribution in [0.15, 0.2) is 84.5 Å². The summed E-state index contributed by atoms with van der Waals surface area (Å²) in [5.74, 6) is -1.33. The smallest absolute Gasteiger partial charge is 0.416 e. The molecule has 0 heterocycles. The van der Waals surface area contributed by atoms with Gasteiger partial charge >= 0.3 is 12.1 Å². The molecule has 2 aromatic rings. The van der Waals surface area contributed by atoms with Crippen LogP contribution in [0.1, 0.15) is 50.7 Å². The lowest BCUT2D eigenvalue weighted by Gasteiger charge is -2.23. The monoisotopic (exact) mass is 489 g/mol. The van der Waals surface area contributed by atoms with Gasteiger partial charge in [-0.15, -0.1) is 0 Å². The molecule has 0 spiro atoms. The summed E-state index contributed by atoms with van der Waals surface area (Å²) in [5, 5.41) is 2.62. The van der Waals surface area contributed by atoms with E-state index in [1.54, 1.807) is 36.4 Å². The van der Waals surface area contributed by atoms with E-state index in [2.05, 4.69) is 11.9 Å². The number of anilines is 1. The van der Waals surface area contributed by atoms with E-state index in [9.17, 15) is 22.4 Å². The summed E-state index contributed by atoms with van der Waals surface area (Å²) < 4.78 is 61.4. The largest absolute Gasteiger partial charge is 0.459 e. The molecule has 0 saturated heterocycles. The van der Waals surface area contributed by atoms with Crippen LogP contribution in [-0.2, 0) is 16.1 Å². The highest BCUT2D eigenvalue weighted by atomic mass is 19.4. The Morgan fingerprint density at radius 1 is 1.17 bits per heavy atom. The maximum atomic E-state index is 14.8. The summed E-state index contributed by atoms with van der Waals surface area (Å²) in [6.07, 6.45) is 0.196. The van der Waals surface area contributed by atoms with Gasteiger partial charge in [0, 0.05) is 0 Å². The summed E-state index contributed by atoms with van der Waals surface area (Å²) in [7, 11) is 0. The predicted octanol–water partition coefficient (Wildman–Crippen LogP) is 7.87. The molecule has 0 amide bonds. The number of ether oxygens (including phenoxy) is 1. The van der Waals surface area contributed by atoms with E-state index in [1.165, 1.54) is 25.1 Å². The van der Waals surface area contributed by atoms with Crippen molar-refractivity contribution in [1.29, 1.82) is 0 Å². The van der Waals surface area contributed by atoms with Crippen molar-refractivity contribution in [2.24, 2.45) is 0 Å². The Bertz CT molecular complexity index is 1050. The van der Waals surface area contributed by atoms with Crippen LogP contribution >= 0.6 is 0 Å². The zero-order valence-corrected chi connectivity index (χ0v) is 20.2. The fraction of sp³-hybridized carbons (Fsp3) is 0.321. The Kier molecular flexibility index (Phi) is 10.3. The third-order valence-electron chi connectivity index (χ3n) is 5.28. The number of rotatable bonds is 9. The van der Waals surface area contributed by atoms with E-state index in [0.717, 1.165) is 30.6 Å². The van der Waals surface area contributed by atoms with Crippen LogP contribution in [-0.4, -0.2) is 18.2 Å². The van der Waals surface area contributed by atoms with Gasteiger partial charge in [0.2, 0.25) is 0 Å². The van der Waals surface area contributed by atoms with Gasteiger partial charge in [0.15, 0.2) is 6.04 Å². The Morgan fingerprint density at radius 3 is 2.34 bits per heavy atom. The number of benzene rings is 2. The van der Waals surface area contributed by atoms with Crippen molar-refractivity contribution in [2.75, 3.05) is 5.32 Å². The molecule has 1 N–H and O–H groups in total. The first-order chi connectivity index (χ1) is 16.7. The first kappa shape index (κ1) is 27.9. The highest BCUT2D eigenvalue weighted by Crippen LogP contribution is 2.41. The van der Waals surface area contributed by atoms with Gasteiger partial charge in [0.25, 0.3) is 0 Å². The van der Waals surface area contributed by atoms with E-state index >= 15 is 0 Å². The van der Waals surface area contributed by atoms with Crippen molar-refractivity contribution in [2.45, 2.75) is 58.4 Å². The SMILES string of the molecule is C=C/C(=C(\C=C/C)C(F)(F)F)C(Nc1ccc(C2CC2)cc1F)C(=O)OCc1ccccc1.CC. The number of carbonyl (C=O) groups excluding carboxylic acids is 1. The summed E-state index contributed by atoms with van der Waals surface area (Å²) in [6.45, 7) is 8.76. The van der Waals surface area contributed by atoms with Crippen molar-refractivity contribution >= 4 is 11.7 Å². The number of allylic oxidation sites excluding steroid dienone is 3. The van der Waals surface area contributed by atoms with Gasteiger partial charge in [0.05, 0.1) is 11.3 Å². The van der Waals surface area contributed by atoms with Crippen LogP contribution in [0.25, 0.3) is 0 Å². The summed E-state index contributed by atoms with van der Waals surface area (Å²) in [5.41, 5.74) is -0.125. The van der Waals surface area contributed by atoms with E-state index < -0.39 is 35.2 Å². The maximum absolute atomic E-state index is 14.8. The van der Waals surface area contributed by atoms with E-state index in [0.29, 0.717) is 11.5 Å². The fourth-order valence-corrected chi connectivity index (χ4v) is 3.45. The molecule has 7 heteroatoms. The van der Waals surface area contributed by atoms with Crippen LogP contribution in [0.4, 0.5) is 23.2 Å². The average molecular weight is 490 g/mol. The Hall–Kier alpha value is -3.35. The van der Waals surface area contributed by atoms with Gasteiger partial charge in [0.1, 0.15) is 12.4 Å². The molecule has 1 unspecified atom stereocenters. The lowest BCUT2D eigenvalue weighted by Crippen LogP contribution is -2.35. The molecule has 1 aliphatic carbocycles. The zero-order valence-electron chi connectivity index (χ0n) is 20.2. The normalized spacial score (nSPS) is 14.9. The van der Waals surface area contributed by atoms with E-state index in [-0.39, 0.29) is 12.3 Å². The number of hydrogen-bond donors (Lipinski definition) is 1. The Labute approximate surface area is 204 Å². The van der Waals surface area contributed by atoms with Crippen molar-refractivity contribution in [1.82, 2.24) is 0 Å². The highest BCUT2D eigenvalue weighted by molar-refractivity contribution is 5.84. The fourth-order valence-electron chi connectivity index (χ4n) is 3.45. The molecule has 1 atom stereocenters. The molecular formula is C28H31F4NO2. The minimum absolute atomic E-state index is 0.0950. The lowest BCUT2D eigenvalue weighted by atomic mass is 9.98. The number of halogens is 4. The third kappa shape index (κ3) is 7.84. The molecular weight excluding hydrogens is 458 g/mol. The predicted molar refractivity (Wildman–Crippen MR) is 131 cm³/mol. The minimum Gasteiger partial charge on any atom is -0.459 e. The van der Waals surface area contributed by atoms with Crippen LogP contribution in [0.2, 0.25) is 0 Å². The van der Waals surface area contributed by atoms with Gasteiger partial charge in [-0.1, -0.05) is 75.1 Å². The average Bonchev–Trinajstić information content (AvgIpc) is 3.69. The second kappa shape index (κ2) is 12.9. The first-order valence-corrected chi connectivity index (χ1v) is 11.6. The van der Waals surface area contributed by atoms with Crippen molar-refractivity contribution in [3.05, 3.63) is 101 Å². The van der Waals surface area contributed by atoms with Crippen molar-refractivity contribution in [3.8, 4) is 0 Å². The second-order valence-corrected chi connectivity index (χ2v) is 7.76. The summed E-state index contributed by atoms with van der Waals surface area (Å²) in [4.78, 5) is 13.0. The molecule has 1 saturated carbocycles. The molecule has 188 valence electrons. The number of carbonyl (C=O) groups is 1. The number of esters is 1. The van der Waals surface area contributed by atoms with Crippen molar-refractivity contribution < 1.29 is 27.1 Å². The Morgan fingerprint density at radius 2 is 1.83 bits per heavy atom. The quantitative estimate of drug-likeness (QED) is 0.221. The second-order valence-electron chi connectivity index (χ2n) is 7.76. The molecule has 3 rings (SSSR count). The molecule has 0 radical (unpaired) electrons. The van der Waals surface area contributed by atoms with Crippen molar-refractivity contribution in [3.63, 3.8) is 0 Å². The number of hydrogen-bond acceptors (Lipinski definition) is 3. The molecule has 0 bridgehead atoms. The van der Waals surface area contributed by atoms with Crippen LogP contribution in [0.5, 0.6) is 0 Å². The molecule has 2 aromatic carbocycles. The number of nitrogens with one attached hydrogen (secondary N) is 1. The van der Waals surface area contributed by atoms with Crippen LogP contribution in [0, 0.1) is 5.82 Å². The maximum Gasteiger partial charge on any atom is 0.416 e. The molecule has 1 aliphatic rings. The highest BCUT2D eigenvalue weighted by Gasteiger charge is 2.38. The topological polar surface area (TPSA) is 38.3 Å². The summed E-state index contributed by atoms with van der Waals surface area (Å²) in [6, 6.07) is 11.6. The standard InChI is InChI=1S/C26H25F4NO2.C2H6/c1-3-8-21(26(28,29)30)20(4-2)24(25(32)33-16-17-9-6-5-7-10-17)31-23-14-13-19(15-22(23)27)18-11-12-18;1-2/h3-10,13-15,18,24,31H,2,11-12,16H2,1H3;1-2H3/b8-3-,21-20-;. The molecule has 0 aromatic heterocycles. The minimum atomic E-state index is -4.76. The Balaban J connectivity index is 0.00000210. The van der Waals surface area contributed by atoms with Crippen LogP contribution in [0.3, 0.4) is 0 Å². The van der Waals surface area contributed by atoms with Gasteiger partial charge < -0.3 is 10.1 Å². The van der Waals surface area contributed by atoms with E-state index in [4.69, 9.17) is 4.74 Å². The van der Waals surface area contributed by atoms with Gasteiger partial charge in [-0.2, -0.15) is 13.2 Å². The zero-order chi connectivity index (χ0) is 26.0.